The molecule has 2 unspecified atom stereocenters. The van der Waals surface area contributed by atoms with E-state index in [0.29, 0.717) is 0 Å². The zero-order valence-corrected chi connectivity index (χ0v) is 8.33. The summed E-state index contributed by atoms with van der Waals surface area (Å²) in [5.41, 5.74) is 0. The molecule has 0 saturated carbocycles. The predicted molar refractivity (Wildman–Crippen MR) is 54.8 cm³/mol. The Balaban J connectivity index is 1.60. The first-order valence-corrected chi connectivity index (χ1v) is 6.15. The largest absolute Gasteiger partial charge is 0.313 e. The molecule has 2 aliphatic rings. The third kappa shape index (κ3) is 2.38. The van der Waals surface area contributed by atoms with Crippen LogP contribution in [0.3, 0.4) is 0 Å². The van der Waals surface area contributed by atoms with Crippen LogP contribution in [-0.2, 0) is 0 Å². The van der Waals surface area contributed by atoms with Gasteiger partial charge >= 0.3 is 0 Å². The molecule has 0 aromatic rings. The highest BCUT2D eigenvalue weighted by Crippen LogP contribution is 2.17. The Bertz CT molecular complexity index is 112. The lowest BCUT2D eigenvalue weighted by Crippen LogP contribution is -2.39. The number of hydrogen-bond acceptors (Lipinski definition) is 3. The van der Waals surface area contributed by atoms with E-state index in [-0.39, 0.29) is 0 Å². The molecule has 0 aromatic heterocycles. The molecular formula is C9H18N2S. The normalized spacial score (nSPS) is 36.0. The lowest BCUT2D eigenvalue weighted by molar-refractivity contribution is 0.484. The Labute approximate surface area is 78.9 Å². The summed E-state index contributed by atoms with van der Waals surface area (Å²) < 4.78 is 0. The van der Waals surface area contributed by atoms with Crippen LogP contribution in [-0.4, -0.2) is 36.7 Å². The molecule has 0 amide bonds. The Morgan fingerprint density at radius 1 is 1.42 bits per heavy atom. The maximum absolute atomic E-state index is 3.64. The number of thioether (sulfide) groups is 1. The van der Waals surface area contributed by atoms with E-state index in [1.165, 1.54) is 43.9 Å². The Morgan fingerprint density at radius 3 is 3.08 bits per heavy atom. The van der Waals surface area contributed by atoms with Crippen LogP contribution >= 0.6 is 11.8 Å². The summed E-state index contributed by atoms with van der Waals surface area (Å²) in [4.78, 5) is 0. The van der Waals surface area contributed by atoms with Crippen molar-refractivity contribution in [1.29, 1.82) is 0 Å². The van der Waals surface area contributed by atoms with Gasteiger partial charge in [-0.2, -0.15) is 11.8 Å². The van der Waals surface area contributed by atoms with E-state index >= 15 is 0 Å². The molecule has 12 heavy (non-hydrogen) atoms. The summed E-state index contributed by atoms with van der Waals surface area (Å²) in [6.45, 7) is 2.41. The van der Waals surface area contributed by atoms with Crippen LogP contribution in [0.4, 0.5) is 0 Å². The molecule has 2 saturated heterocycles. The highest BCUT2D eigenvalue weighted by atomic mass is 32.2. The molecule has 0 aliphatic carbocycles. The molecule has 3 heteroatoms. The fourth-order valence-electron chi connectivity index (χ4n) is 1.94. The van der Waals surface area contributed by atoms with Crippen LogP contribution in [0, 0.1) is 0 Å². The molecule has 0 aromatic carbocycles. The van der Waals surface area contributed by atoms with Gasteiger partial charge in [-0.05, 0) is 31.6 Å². The molecular weight excluding hydrogens is 168 g/mol. The molecule has 0 bridgehead atoms. The first kappa shape index (κ1) is 8.85. The van der Waals surface area contributed by atoms with Gasteiger partial charge in [0.05, 0.1) is 0 Å². The first-order valence-electron chi connectivity index (χ1n) is 4.99. The number of hydrogen-bond donors (Lipinski definition) is 2. The number of nitrogens with one attached hydrogen (secondary N) is 2. The fourth-order valence-corrected chi connectivity index (χ4v) is 3.12. The molecule has 2 atom stereocenters. The topological polar surface area (TPSA) is 24.1 Å². The van der Waals surface area contributed by atoms with Crippen molar-refractivity contribution in [3.05, 3.63) is 0 Å². The smallest absolute Gasteiger partial charge is 0.0193 e. The van der Waals surface area contributed by atoms with Crippen LogP contribution in [0.2, 0.25) is 0 Å². The van der Waals surface area contributed by atoms with Gasteiger partial charge in [0.15, 0.2) is 0 Å². The molecule has 2 rings (SSSR count). The van der Waals surface area contributed by atoms with Crippen LogP contribution in [0.1, 0.15) is 19.3 Å². The van der Waals surface area contributed by atoms with Crippen molar-refractivity contribution in [2.24, 2.45) is 0 Å². The van der Waals surface area contributed by atoms with Gasteiger partial charge in [-0.3, -0.25) is 0 Å². The van der Waals surface area contributed by atoms with Gasteiger partial charge in [0, 0.05) is 24.4 Å². The van der Waals surface area contributed by atoms with Crippen molar-refractivity contribution in [2.45, 2.75) is 31.3 Å². The van der Waals surface area contributed by atoms with Crippen molar-refractivity contribution < 1.29 is 0 Å². The van der Waals surface area contributed by atoms with E-state index in [1.807, 2.05) is 0 Å². The van der Waals surface area contributed by atoms with Crippen LogP contribution < -0.4 is 10.6 Å². The summed E-state index contributed by atoms with van der Waals surface area (Å²) >= 11 is 2.08. The third-order valence-corrected chi connectivity index (χ3v) is 3.91. The Kier molecular flexibility index (Phi) is 3.31. The van der Waals surface area contributed by atoms with Gasteiger partial charge in [0.2, 0.25) is 0 Å². The SMILES string of the molecule is C1CNC(CNC2CCSC2)C1. The second kappa shape index (κ2) is 4.49. The Hall–Kier alpha value is 0.270. The zero-order chi connectivity index (χ0) is 8.23. The molecule has 2 aliphatic heterocycles. The summed E-state index contributed by atoms with van der Waals surface area (Å²) in [5, 5.41) is 7.15. The molecule has 2 fully saturated rings. The molecule has 0 spiro atoms. The average Bonchev–Trinajstić information content (AvgIpc) is 2.74. The zero-order valence-electron chi connectivity index (χ0n) is 7.51. The summed E-state index contributed by atoms with van der Waals surface area (Å²) in [5.74, 6) is 2.68. The molecule has 70 valence electrons. The van der Waals surface area contributed by atoms with E-state index in [9.17, 15) is 0 Å². The first-order chi connectivity index (χ1) is 5.95. The molecule has 2 heterocycles. The van der Waals surface area contributed by atoms with E-state index in [0.717, 1.165) is 12.1 Å². The highest BCUT2D eigenvalue weighted by Gasteiger charge is 2.18. The maximum atomic E-state index is 3.64. The van der Waals surface area contributed by atoms with E-state index in [1.54, 1.807) is 0 Å². The maximum Gasteiger partial charge on any atom is 0.0193 e. The van der Waals surface area contributed by atoms with E-state index < -0.39 is 0 Å². The van der Waals surface area contributed by atoms with Gasteiger partial charge in [-0.1, -0.05) is 0 Å². The van der Waals surface area contributed by atoms with Gasteiger partial charge in [0.1, 0.15) is 0 Å². The molecule has 2 N–H and O–H groups in total. The van der Waals surface area contributed by atoms with Crippen molar-refractivity contribution in [2.75, 3.05) is 24.6 Å². The van der Waals surface area contributed by atoms with Crippen molar-refractivity contribution in [3.8, 4) is 0 Å². The number of rotatable bonds is 3. The standard InChI is InChI=1S/C9H18N2S/c1-2-8(10-4-1)6-11-9-3-5-12-7-9/h8-11H,1-7H2. The third-order valence-electron chi connectivity index (χ3n) is 2.74. The lowest BCUT2D eigenvalue weighted by Gasteiger charge is -2.15. The van der Waals surface area contributed by atoms with Crippen molar-refractivity contribution >= 4 is 11.8 Å². The minimum absolute atomic E-state index is 0.760. The van der Waals surface area contributed by atoms with Crippen molar-refractivity contribution in [1.82, 2.24) is 10.6 Å². The van der Waals surface area contributed by atoms with Crippen LogP contribution in [0.5, 0.6) is 0 Å². The monoisotopic (exact) mass is 186 g/mol. The second-order valence-electron chi connectivity index (χ2n) is 3.76. The highest BCUT2D eigenvalue weighted by molar-refractivity contribution is 7.99. The van der Waals surface area contributed by atoms with Gasteiger partial charge in [-0.25, -0.2) is 0 Å². The summed E-state index contributed by atoms with van der Waals surface area (Å²) in [6, 6.07) is 1.56. The van der Waals surface area contributed by atoms with E-state index in [4.69, 9.17) is 0 Å². The molecule has 0 radical (unpaired) electrons. The minimum Gasteiger partial charge on any atom is -0.313 e. The minimum atomic E-state index is 0.760. The average molecular weight is 186 g/mol. The lowest BCUT2D eigenvalue weighted by atomic mass is 10.2. The van der Waals surface area contributed by atoms with Gasteiger partial charge < -0.3 is 10.6 Å². The van der Waals surface area contributed by atoms with Crippen molar-refractivity contribution in [3.63, 3.8) is 0 Å². The molecule has 2 nitrogen and oxygen atoms in total. The fraction of sp³-hybridized carbons (Fsp3) is 1.00. The van der Waals surface area contributed by atoms with Crippen LogP contribution in [0.25, 0.3) is 0 Å². The summed E-state index contributed by atoms with van der Waals surface area (Å²) in [7, 11) is 0. The van der Waals surface area contributed by atoms with Gasteiger partial charge in [-0.15, -0.1) is 0 Å². The quantitative estimate of drug-likeness (QED) is 0.683. The predicted octanol–water partition coefficient (Wildman–Crippen LogP) is 0.833. The van der Waals surface area contributed by atoms with Gasteiger partial charge in [0.25, 0.3) is 0 Å². The summed E-state index contributed by atoms with van der Waals surface area (Å²) in [6.07, 6.45) is 4.11. The second-order valence-corrected chi connectivity index (χ2v) is 4.91. The van der Waals surface area contributed by atoms with E-state index in [2.05, 4.69) is 22.4 Å². The Morgan fingerprint density at radius 2 is 2.42 bits per heavy atom. The van der Waals surface area contributed by atoms with Crippen LogP contribution in [0.15, 0.2) is 0 Å².